The molecule has 116 valence electrons. The van der Waals surface area contributed by atoms with Crippen LogP contribution in [0.2, 0.25) is 0 Å². The van der Waals surface area contributed by atoms with Crippen LogP contribution in [0, 0.1) is 0 Å². The molecule has 0 spiro atoms. The van der Waals surface area contributed by atoms with E-state index in [-0.39, 0.29) is 0 Å². The number of rotatable bonds is 4. The Morgan fingerprint density at radius 3 is 2.38 bits per heavy atom. The highest BCUT2D eigenvalue weighted by molar-refractivity contribution is 5.70. The number of hydrogen-bond acceptors (Lipinski definition) is 1. The Kier molecular flexibility index (Phi) is 10.3. The van der Waals surface area contributed by atoms with E-state index in [2.05, 4.69) is 36.9 Å². The number of hydrogen-bond donors (Lipinski definition) is 1. The third-order valence-electron chi connectivity index (χ3n) is 3.25. The van der Waals surface area contributed by atoms with Crippen LogP contribution in [0.3, 0.4) is 0 Å². The molecule has 0 saturated heterocycles. The lowest BCUT2D eigenvalue weighted by atomic mass is 9.90. The highest BCUT2D eigenvalue weighted by Crippen LogP contribution is 2.30. The maximum absolute atomic E-state index is 5.93. The lowest BCUT2D eigenvalue weighted by Crippen LogP contribution is -2.08. The van der Waals surface area contributed by atoms with Crippen molar-refractivity contribution in [3.8, 4) is 0 Å². The molecule has 1 nitrogen and oxygen atoms in total. The van der Waals surface area contributed by atoms with E-state index < -0.39 is 0 Å². The van der Waals surface area contributed by atoms with Crippen molar-refractivity contribution in [2.45, 2.75) is 54.0 Å². The van der Waals surface area contributed by atoms with E-state index in [0.29, 0.717) is 6.54 Å². The maximum Gasteiger partial charge on any atom is 0.0184 e. The number of allylic oxidation sites excluding steroid dienone is 3. The molecule has 1 aliphatic rings. The van der Waals surface area contributed by atoms with Gasteiger partial charge in [-0.25, -0.2) is 0 Å². The molecule has 2 rings (SSSR count). The van der Waals surface area contributed by atoms with Gasteiger partial charge < -0.3 is 5.73 Å². The molecule has 0 saturated carbocycles. The maximum atomic E-state index is 5.93. The minimum absolute atomic E-state index is 0.610. The highest BCUT2D eigenvalue weighted by atomic mass is 14.5. The van der Waals surface area contributed by atoms with Gasteiger partial charge in [-0.3, -0.25) is 0 Å². The minimum atomic E-state index is 0.610. The Balaban J connectivity index is 0.000000921. The minimum Gasteiger partial charge on any atom is -0.326 e. The first-order chi connectivity index (χ1) is 10.3. The first-order valence-electron chi connectivity index (χ1n) is 8.09. The van der Waals surface area contributed by atoms with Crippen LogP contribution in [0.25, 0.3) is 12.2 Å². The number of fused-ring (bicyclic) bond motifs is 1. The van der Waals surface area contributed by atoms with Gasteiger partial charge in [-0.1, -0.05) is 58.1 Å². The molecule has 0 heterocycles. The van der Waals surface area contributed by atoms with Gasteiger partial charge in [-0.2, -0.15) is 0 Å². The van der Waals surface area contributed by atoms with Crippen molar-refractivity contribution in [1.82, 2.24) is 0 Å². The Hall–Kier alpha value is -1.60. The van der Waals surface area contributed by atoms with Crippen LogP contribution < -0.4 is 5.73 Å². The smallest absolute Gasteiger partial charge is 0.0184 e. The first kappa shape index (κ1) is 19.4. The number of nitrogens with two attached hydrogens (primary N) is 1. The molecule has 21 heavy (non-hydrogen) atoms. The quantitative estimate of drug-likeness (QED) is 0.723. The summed E-state index contributed by atoms with van der Waals surface area (Å²) in [6, 6.07) is 2.26. The Bertz CT molecular complexity index is 493. The van der Waals surface area contributed by atoms with Crippen molar-refractivity contribution >= 4 is 12.2 Å². The summed E-state index contributed by atoms with van der Waals surface area (Å²) in [5.74, 6) is 0. The van der Waals surface area contributed by atoms with Crippen molar-refractivity contribution in [2.24, 2.45) is 5.73 Å². The van der Waals surface area contributed by atoms with Crippen LogP contribution in [0.4, 0.5) is 0 Å². The summed E-state index contributed by atoms with van der Waals surface area (Å²) in [4.78, 5) is 0. The first-order valence-corrected chi connectivity index (χ1v) is 8.09. The van der Waals surface area contributed by atoms with Crippen LogP contribution in [-0.4, -0.2) is 0 Å². The van der Waals surface area contributed by atoms with E-state index in [9.17, 15) is 0 Å². The molecule has 0 fully saturated rings. The summed E-state index contributed by atoms with van der Waals surface area (Å²) in [6.45, 7) is 14.5. The third-order valence-corrected chi connectivity index (χ3v) is 3.25. The molecular formula is C20H31N. The van der Waals surface area contributed by atoms with Crippen molar-refractivity contribution in [2.75, 3.05) is 0 Å². The Labute approximate surface area is 131 Å². The predicted octanol–water partition coefficient (Wildman–Crippen LogP) is 5.53. The summed E-state index contributed by atoms with van der Waals surface area (Å²) >= 11 is 0. The third kappa shape index (κ3) is 4.71. The second kappa shape index (κ2) is 11.1. The molecule has 0 radical (unpaired) electrons. The molecule has 0 atom stereocenters. The molecule has 0 amide bonds. The fourth-order valence-electron chi connectivity index (χ4n) is 2.53. The van der Waals surface area contributed by atoms with Crippen LogP contribution in [-0.2, 0) is 19.4 Å². The fraction of sp³-hybridized carbons (Fsp3) is 0.400. The van der Waals surface area contributed by atoms with Crippen molar-refractivity contribution in [3.63, 3.8) is 0 Å². The Morgan fingerprint density at radius 2 is 1.86 bits per heavy atom. The average molecular weight is 285 g/mol. The van der Waals surface area contributed by atoms with Gasteiger partial charge in [0, 0.05) is 6.54 Å². The topological polar surface area (TPSA) is 26.0 Å². The monoisotopic (exact) mass is 285 g/mol. The zero-order chi connectivity index (χ0) is 16.3. The summed E-state index contributed by atoms with van der Waals surface area (Å²) in [5, 5.41) is 0. The van der Waals surface area contributed by atoms with E-state index in [1.165, 1.54) is 27.8 Å². The lowest BCUT2D eigenvalue weighted by Gasteiger charge is -2.15. The second-order valence-corrected chi connectivity index (χ2v) is 4.29. The molecule has 1 aromatic carbocycles. The van der Waals surface area contributed by atoms with Crippen LogP contribution >= 0.6 is 0 Å². The number of benzene rings is 1. The van der Waals surface area contributed by atoms with Crippen molar-refractivity contribution in [3.05, 3.63) is 58.7 Å². The summed E-state index contributed by atoms with van der Waals surface area (Å²) in [6.07, 6.45) is 12.5. The lowest BCUT2D eigenvalue weighted by molar-refractivity contribution is 0.994. The zero-order valence-electron chi connectivity index (χ0n) is 14.4. The van der Waals surface area contributed by atoms with Gasteiger partial charge in [0.1, 0.15) is 0 Å². The standard InChI is InChI=1S/C16H19N.2C2H6/c1-3-6-12-10-13-8-5-9-15(13)16(11-17)14(12)7-4-2;2*1-2/h3-6,8,10H,2,7,9,11,17H2,1H3;2*1-2H3/b6-3-;;. The molecule has 1 heteroatoms. The van der Waals surface area contributed by atoms with Gasteiger partial charge >= 0.3 is 0 Å². The highest BCUT2D eigenvalue weighted by Gasteiger charge is 2.15. The molecule has 0 aliphatic heterocycles. The van der Waals surface area contributed by atoms with E-state index in [1.807, 2.05) is 40.7 Å². The van der Waals surface area contributed by atoms with E-state index >= 15 is 0 Å². The molecular weight excluding hydrogens is 254 g/mol. The molecule has 0 unspecified atom stereocenters. The van der Waals surface area contributed by atoms with Crippen LogP contribution in [0.5, 0.6) is 0 Å². The van der Waals surface area contributed by atoms with Gasteiger partial charge in [0.15, 0.2) is 0 Å². The van der Waals surface area contributed by atoms with Crippen molar-refractivity contribution in [1.29, 1.82) is 0 Å². The summed E-state index contributed by atoms with van der Waals surface area (Å²) in [7, 11) is 0. The van der Waals surface area contributed by atoms with Gasteiger partial charge in [0.2, 0.25) is 0 Å². The van der Waals surface area contributed by atoms with Gasteiger partial charge in [0.25, 0.3) is 0 Å². The molecule has 1 aromatic rings. The molecule has 0 aromatic heterocycles. The average Bonchev–Trinajstić information content (AvgIpc) is 3.00. The normalized spacial score (nSPS) is 11.3. The van der Waals surface area contributed by atoms with E-state index in [0.717, 1.165) is 12.8 Å². The van der Waals surface area contributed by atoms with Gasteiger partial charge in [0.05, 0.1) is 0 Å². The zero-order valence-corrected chi connectivity index (χ0v) is 14.4. The fourth-order valence-corrected chi connectivity index (χ4v) is 2.53. The SMILES string of the molecule is C=CCc1c(/C=C\C)cc2c(c1CN)CC=C2.CC.CC. The van der Waals surface area contributed by atoms with Crippen LogP contribution in [0.1, 0.15) is 62.4 Å². The summed E-state index contributed by atoms with van der Waals surface area (Å²) < 4.78 is 0. The van der Waals surface area contributed by atoms with E-state index in [1.54, 1.807) is 0 Å². The van der Waals surface area contributed by atoms with Gasteiger partial charge in [-0.15, -0.1) is 6.58 Å². The largest absolute Gasteiger partial charge is 0.326 e. The van der Waals surface area contributed by atoms with Gasteiger partial charge in [-0.05, 0) is 53.6 Å². The predicted molar refractivity (Wildman–Crippen MR) is 98.4 cm³/mol. The second-order valence-electron chi connectivity index (χ2n) is 4.29. The molecule has 0 bridgehead atoms. The van der Waals surface area contributed by atoms with Crippen LogP contribution in [0.15, 0.2) is 30.9 Å². The van der Waals surface area contributed by atoms with E-state index in [4.69, 9.17) is 5.73 Å². The molecule has 2 N–H and O–H groups in total. The Morgan fingerprint density at radius 1 is 1.19 bits per heavy atom. The van der Waals surface area contributed by atoms with Crippen molar-refractivity contribution < 1.29 is 0 Å². The molecule has 1 aliphatic carbocycles. The summed E-state index contributed by atoms with van der Waals surface area (Å²) in [5.41, 5.74) is 12.6.